The van der Waals surface area contributed by atoms with Crippen LogP contribution in [-0.2, 0) is 15.6 Å². The Morgan fingerprint density at radius 1 is 1.47 bits per heavy atom. The van der Waals surface area contributed by atoms with Gasteiger partial charge in [0.25, 0.3) is 0 Å². The monoisotopic (exact) mass is 284 g/mol. The molecule has 1 atom stereocenters. The molecule has 1 rings (SSSR count). The second-order valence-corrected chi connectivity index (χ2v) is 5.97. The number of nitrogen functional groups attached to an aromatic ring is 1. The molecule has 1 aromatic rings. The molecule has 0 fully saturated rings. The van der Waals surface area contributed by atoms with Crippen molar-refractivity contribution in [2.75, 3.05) is 18.6 Å². The van der Waals surface area contributed by atoms with Crippen molar-refractivity contribution in [2.24, 2.45) is 0 Å². The number of amides is 1. The number of anilines is 1. The first kappa shape index (κ1) is 15.5. The summed E-state index contributed by atoms with van der Waals surface area (Å²) in [6.07, 6.45) is 0.221. The van der Waals surface area contributed by atoms with Gasteiger partial charge in [0.05, 0.1) is 22.8 Å². The molecule has 6 heteroatoms. The van der Waals surface area contributed by atoms with Crippen LogP contribution in [0.5, 0.6) is 5.75 Å². The Balaban J connectivity index is 2.66. The summed E-state index contributed by atoms with van der Waals surface area (Å²) in [5.74, 6) is 0.652. The lowest BCUT2D eigenvalue weighted by atomic mass is 10.3. The maximum atomic E-state index is 12.1. The molecular formula is C13H20N2O3S. The van der Waals surface area contributed by atoms with Crippen LogP contribution in [0.15, 0.2) is 23.1 Å². The highest BCUT2D eigenvalue weighted by atomic mass is 32.2. The molecule has 19 heavy (non-hydrogen) atoms. The highest BCUT2D eigenvalue weighted by Crippen LogP contribution is 2.25. The molecule has 0 aliphatic heterocycles. The third-order valence-corrected chi connectivity index (χ3v) is 3.80. The van der Waals surface area contributed by atoms with Crippen molar-refractivity contribution in [3.63, 3.8) is 0 Å². The van der Waals surface area contributed by atoms with E-state index in [2.05, 4.69) is 5.32 Å². The standard InChI is InChI=1S/C13H20N2O3S/c1-9(2)15-13(16)6-7-19(17)12-5-4-10(14)8-11(12)18-3/h4-5,8-9H,6-7,14H2,1-3H3,(H,15,16). The van der Waals surface area contributed by atoms with Crippen LogP contribution in [0.2, 0.25) is 0 Å². The highest BCUT2D eigenvalue weighted by Gasteiger charge is 2.13. The Labute approximate surface area is 116 Å². The largest absolute Gasteiger partial charge is 0.495 e. The van der Waals surface area contributed by atoms with E-state index >= 15 is 0 Å². The first-order valence-electron chi connectivity index (χ1n) is 6.05. The third-order valence-electron chi connectivity index (χ3n) is 2.40. The van der Waals surface area contributed by atoms with Gasteiger partial charge < -0.3 is 15.8 Å². The van der Waals surface area contributed by atoms with Gasteiger partial charge in [-0.3, -0.25) is 9.00 Å². The predicted molar refractivity (Wildman–Crippen MR) is 76.6 cm³/mol. The van der Waals surface area contributed by atoms with E-state index in [0.717, 1.165) is 0 Å². The number of hydrogen-bond donors (Lipinski definition) is 2. The van der Waals surface area contributed by atoms with E-state index in [1.54, 1.807) is 18.2 Å². The third kappa shape index (κ3) is 4.90. The van der Waals surface area contributed by atoms with E-state index in [9.17, 15) is 9.00 Å². The van der Waals surface area contributed by atoms with Crippen molar-refractivity contribution in [3.05, 3.63) is 18.2 Å². The summed E-state index contributed by atoms with van der Waals surface area (Å²) in [6.45, 7) is 3.77. The minimum Gasteiger partial charge on any atom is -0.495 e. The van der Waals surface area contributed by atoms with Crippen LogP contribution < -0.4 is 15.8 Å². The summed E-state index contributed by atoms with van der Waals surface area (Å²) in [6, 6.07) is 5.06. The van der Waals surface area contributed by atoms with Crippen LogP contribution in [0.1, 0.15) is 20.3 Å². The van der Waals surface area contributed by atoms with Crippen LogP contribution in [0.3, 0.4) is 0 Å². The number of ether oxygens (including phenoxy) is 1. The molecule has 0 bridgehead atoms. The molecule has 0 radical (unpaired) electrons. The molecule has 0 aliphatic carbocycles. The van der Waals surface area contributed by atoms with E-state index in [1.165, 1.54) is 7.11 Å². The number of nitrogens with two attached hydrogens (primary N) is 1. The molecular weight excluding hydrogens is 264 g/mol. The molecule has 1 aromatic carbocycles. The lowest BCUT2D eigenvalue weighted by molar-refractivity contribution is -0.121. The smallest absolute Gasteiger partial charge is 0.221 e. The van der Waals surface area contributed by atoms with Crippen molar-refractivity contribution in [1.29, 1.82) is 0 Å². The molecule has 0 heterocycles. The number of benzene rings is 1. The first-order chi connectivity index (χ1) is 8.93. The van der Waals surface area contributed by atoms with Crippen LogP contribution >= 0.6 is 0 Å². The van der Waals surface area contributed by atoms with E-state index in [4.69, 9.17) is 10.5 Å². The fourth-order valence-electron chi connectivity index (χ4n) is 1.56. The predicted octanol–water partition coefficient (Wildman–Crippen LogP) is 1.30. The number of carbonyl (C=O) groups excluding carboxylic acids is 1. The summed E-state index contributed by atoms with van der Waals surface area (Å²) in [7, 11) is 0.221. The van der Waals surface area contributed by atoms with E-state index in [0.29, 0.717) is 16.3 Å². The Hall–Kier alpha value is -1.56. The van der Waals surface area contributed by atoms with E-state index in [1.807, 2.05) is 13.8 Å². The Morgan fingerprint density at radius 3 is 2.74 bits per heavy atom. The summed E-state index contributed by atoms with van der Waals surface area (Å²) >= 11 is 0. The Kier molecular flexibility index (Phi) is 5.82. The molecule has 0 aromatic heterocycles. The zero-order valence-electron chi connectivity index (χ0n) is 11.4. The summed E-state index contributed by atoms with van der Waals surface area (Å²) < 4.78 is 17.3. The second-order valence-electron chi connectivity index (χ2n) is 4.43. The maximum absolute atomic E-state index is 12.1. The maximum Gasteiger partial charge on any atom is 0.221 e. The topological polar surface area (TPSA) is 81.4 Å². The van der Waals surface area contributed by atoms with Gasteiger partial charge in [-0.05, 0) is 26.0 Å². The summed E-state index contributed by atoms with van der Waals surface area (Å²) in [5.41, 5.74) is 6.19. The summed E-state index contributed by atoms with van der Waals surface area (Å²) in [4.78, 5) is 12.1. The quantitative estimate of drug-likeness (QED) is 0.771. The van der Waals surface area contributed by atoms with Gasteiger partial charge in [-0.1, -0.05) is 0 Å². The minimum absolute atomic E-state index is 0.0898. The van der Waals surface area contributed by atoms with Gasteiger partial charge in [0.1, 0.15) is 5.75 Å². The molecule has 0 aliphatic rings. The molecule has 0 spiro atoms. The highest BCUT2D eigenvalue weighted by molar-refractivity contribution is 7.85. The molecule has 3 N–H and O–H groups in total. The lowest BCUT2D eigenvalue weighted by Crippen LogP contribution is -2.30. The van der Waals surface area contributed by atoms with E-state index < -0.39 is 10.8 Å². The average Bonchev–Trinajstić information content (AvgIpc) is 2.34. The molecule has 106 valence electrons. The molecule has 5 nitrogen and oxygen atoms in total. The molecule has 0 saturated heterocycles. The molecule has 0 saturated carbocycles. The number of nitrogens with one attached hydrogen (secondary N) is 1. The Bertz CT molecular complexity index is 475. The van der Waals surface area contributed by atoms with E-state index in [-0.39, 0.29) is 24.1 Å². The van der Waals surface area contributed by atoms with Crippen LogP contribution in [0.25, 0.3) is 0 Å². The van der Waals surface area contributed by atoms with Crippen molar-refractivity contribution < 1.29 is 13.7 Å². The van der Waals surface area contributed by atoms with Gasteiger partial charge in [-0.25, -0.2) is 0 Å². The minimum atomic E-state index is -1.28. The average molecular weight is 284 g/mol. The fourth-order valence-corrected chi connectivity index (χ4v) is 2.74. The van der Waals surface area contributed by atoms with Crippen molar-refractivity contribution in [3.8, 4) is 5.75 Å². The number of carbonyl (C=O) groups is 1. The SMILES string of the molecule is COc1cc(N)ccc1S(=O)CCC(=O)NC(C)C. The number of hydrogen-bond acceptors (Lipinski definition) is 4. The second kappa shape index (κ2) is 7.13. The van der Waals surface area contributed by atoms with Crippen molar-refractivity contribution in [2.45, 2.75) is 31.2 Å². The summed E-state index contributed by atoms with van der Waals surface area (Å²) in [5, 5.41) is 2.76. The van der Waals surface area contributed by atoms with Gasteiger partial charge in [-0.2, -0.15) is 0 Å². The van der Waals surface area contributed by atoms with Crippen molar-refractivity contribution in [1.82, 2.24) is 5.32 Å². The van der Waals surface area contributed by atoms with Gasteiger partial charge >= 0.3 is 0 Å². The van der Waals surface area contributed by atoms with Crippen LogP contribution in [-0.4, -0.2) is 29.0 Å². The van der Waals surface area contributed by atoms with Crippen LogP contribution in [0, 0.1) is 0 Å². The first-order valence-corrected chi connectivity index (χ1v) is 7.37. The molecule has 1 unspecified atom stereocenters. The number of methoxy groups -OCH3 is 1. The Morgan fingerprint density at radius 2 is 2.16 bits per heavy atom. The van der Waals surface area contributed by atoms with Gasteiger partial charge in [0.2, 0.25) is 5.91 Å². The van der Waals surface area contributed by atoms with Crippen LogP contribution in [0.4, 0.5) is 5.69 Å². The zero-order valence-corrected chi connectivity index (χ0v) is 12.3. The van der Waals surface area contributed by atoms with Gasteiger partial charge in [0, 0.05) is 30.0 Å². The van der Waals surface area contributed by atoms with Gasteiger partial charge in [-0.15, -0.1) is 0 Å². The van der Waals surface area contributed by atoms with Crippen molar-refractivity contribution >= 4 is 22.4 Å². The van der Waals surface area contributed by atoms with Gasteiger partial charge in [0.15, 0.2) is 0 Å². The normalized spacial score (nSPS) is 12.2. The zero-order chi connectivity index (χ0) is 14.4. The number of rotatable bonds is 6. The fraction of sp³-hybridized carbons (Fsp3) is 0.462. The lowest BCUT2D eigenvalue weighted by Gasteiger charge is -2.10. The molecule has 1 amide bonds.